The summed E-state index contributed by atoms with van der Waals surface area (Å²) in [5, 5.41) is 0. The average molecular weight is 302 g/mol. The molecule has 1 aromatic heterocycles. The summed E-state index contributed by atoms with van der Waals surface area (Å²) in [7, 11) is 1.72. The number of aryl methyl sites for hydroxylation is 1. The summed E-state index contributed by atoms with van der Waals surface area (Å²) < 4.78 is 5.31. The summed E-state index contributed by atoms with van der Waals surface area (Å²) in [4.78, 5) is 7.21. The van der Waals surface area contributed by atoms with Gasteiger partial charge < -0.3 is 9.72 Å². The molecule has 1 N–H and O–H groups in total. The number of imidazole rings is 1. The van der Waals surface area contributed by atoms with Crippen molar-refractivity contribution in [2.24, 2.45) is 0 Å². The van der Waals surface area contributed by atoms with Gasteiger partial charge in [0.15, 0.2) is 0 Å². The lowest BCUT2D eigenvalue weighted by atomic mass is 9.88. The molecule has 3 aromatic rings. The summed E-state index contributed by atoms with van der Waals surface area (Å²) in [5.74, 6) is 0.935. The molecule has 23 heavy (non-hydrogen) atoms. The van der Waals surface area contributed by atoms with Gasteiger partial charge in [-0.05, 0) is 52.8 Å². The van der Waals surface area contributed by atoms with E-state index in [1.54, 1.807) is 13.4 Å². The van der Waals surface area contributed by atoms with Crippen LogP contribution < -0.4 is 4.74 Å². The molecule has 3 nitrogen and oxygen atoms in total. The number of fused-ring (bicyclic) bond motifs is 1. The molecule has 0 bridgehead atoms. The summed E-state index contributed by atoms with van der Waals surface area (Å²) in [5.41, 5.74) is 7.54. The van der Waals surface area contributed by atoms with Gasteiger partial charge in [-0.3, -0.25) is 0 Å². The SMILES string of the molecule is COc1ccc2c(c1)CCC(c1ccc(-c3cnc[nH]3)cc1)=C2. The monoisotopic (exact) mass is 302 g/mol. The fraction of sp³-hybridized carbons (Fsp3) is 0.150. The molecule has 0 aliphatic heterocycles. The molecule has 1 heterocycles. The second-order valence-electron chi connectivity index (χ2n) is 5.78. The van der Waals surface area contributed by atoms with Crippen molar-refractivity contribution >= 4 is 11.6 Å². The standard InChI is InChI=1S/C20H18N2O/c1-23-19-9-8-17-10-16(6-7-18(17)11-19)14-2-4-15(5-3-14)20-12-21-13-22-20/h2-5,8-13H,6-7H2,1H3,(H,21,22). The van der Waals surface area contributed by atoms with E-state index in [9.17, 15) is 0 Å². The Balaban J connectivity index is 1.64. The van der Waals surface area contributed by atoms with E-state index in [1.807, 2.05) is 12.3 Å². The smallest absolute Gasteiger partial charge is 0.119 e. The van der Waals surface area contributed by atoms with Crippen LogP contribution in [0.1, 0.15) is 23.1 Å². The number of aromatic amines is 1. The number of H-pyrrole nitrogens is 1. The molecule has 0 atom stereocenters. The number of nitrogens with zero attached hydrogens (tertiary/aromatic N) is 1. The number of methoxy groups -OCH3 is 1. The zero-order valence-electron chi connectivity index (χ0n) is 13.0. The predicted molar refractivity (Wildman–Crippen MR) is 93.2 cm³/mol. The first-order valence-corrected chi connectivity index (χ1v) is 7.80. The highest BCUT2D eigenvalue weighted by atomic mass is 16.5. The predicted octanol–water partition coefficient (Wildman–Crippen LogP) is 4.57. The second kappa shape index (κ2) is 5.76. The minimum atomic E-state index is 0.935. The van der Waals surface area contributed by atoms with E-state index < -0.39 is 0 Å². The molecular formula is C20H18N2O. The summed E-state index contributed by atoms with van der Waals surface area (Å²) >= 11 is 0. The van der Waals surface area contributed by atoms with Crippen LogP contribution in [0, 0.1) is 0 Å². The van der Waals surface area contributed by atoms with Crippen molar-refractivity contribution in [3.05, 3.63) is 71.7 Å². The fourth-order valence-corrected chi connectivity index (χ4v) is 3.10. The van der Waals surface area contributed by atoms with Gasteiger partial charge in [0.05, 0.1) is 25.3 Å². The van der Waals surface area contributed by atoms with Crippen LogP contribution in [0.5, 0.6) is 5.75 Å². The Morgan fingerprint density at radius 1 is 1.00 bits per heavy atom. The lowest BCUT2D eigenvalue weighted by Crippen LogP contribution is -1.99. The highest BCUT2D eigenvalue weighted by Gasteiger charge is 2.13. The first-order valence-electron chi connectivity index (χ1n) is 7.80. The Bertz CT molecular complexity index is 846. The molecule has 1 aliphatic rings. The highest BCUT2D eigenvalue weighted by molar-refractivity contribution is 5.85. The van der Waals surface area contributed by atoms with Crippen molar-refractivity contribution in [1.82, 2.24) is 9.97 Å². The largest absolute Gasteiger partial charge is 0.497 e. The van der Waals surface area contributed by atoms with Gasteiger partial charge in [0, 0.05) is 0 Å². The van der Waals surface area contributed by atoms with Gasteiger partial charge in [-0.25, -0.2) is 4.98 Å². The van der Waals surface area contributed by atoms with Crippen LogP contribution in [0.3, 0.4) is 0 Å². The van der Waals surface area contributed by atoms with Crippen LogP contribution in [-0.2, 0) is 6.42 Å². The molecule has 0 unspecified atom stereocenters. The van der Waals surface area contributed by atoms with Crippen LogP contribution in [-0.4, -0.2) is 17.1 Å². The van der Waals surface area contributed by atoms with Crippen molar-refractivity contribution in [1.29, 1.82) is 0 Å². The van der Waals surface area contributed by atoms with Gasteiger partial charge in [-0.15, -0.1) is 0 Å². The molecule has 2 aromatic carbocycles. The third-order valence-corrected chi connectivity index (χ3v) is 4.41. The van der Waals surface area contributed by atoms with E-state index in [2.05, 4.69) is 52.4 Å². The van der Waals surface area contributed by atoms with Crippen LogP contribution >= 0.6 is 0 Å². The lowest BCUT2D eigenvalue weighted by molar-refractivity contribution is 0.414. The third kappa shape index (κ3) is 2.66. The molecule has 0 amide bonds. The summed E-state index contributed by atoms with van der Waals surface area (Å²) in [6.45, 7) is 0. The van der Waals surface area contributed by atoms with E-state index in [4.69, 9.17) is 4.74 Å². The van der Waals surface area contributed by atoms with Crippen LogP contribution in [0.15, 0.2) is 55.0 Å². The molecular weight excluding hydrogens is 284 g/mol. The summed E-state index contributed by atoms with van der Waals surface area (Å²) in [6.07, 6.45) is 7.96. The van der Waals surface area contributed by atoms with Gasteiger partial charge in [0.2, 0.25) is 0 Å². The van der Waals surface area contributed by atoms with Crippen molar-refractivity contribution in [2.75, 3.05) is 7.11 Å². The Morgan fingerprint density at radius 2 is 1.83 bits per heavy atom. The number of nitrogens with one attached hydrogen (secondary N) is 1. The van der Waals surface area contributed by atoms with Crippen molar-refractivity contribution in [2.45, 2.75) is 12.8 Å². The van der Waals surface area contributed by atoms with E-state index in [-0.39, 0.29) is 0 Å². The first kappa shape index (κ1) is 13.8. The second-order valence-corrected chi connectivity index (χ2v) is 5.78. The number of aromatic nitrogens is 2. The Hall–Kier alpha value is -2.81. The van der Waals surface area contributed by atoms with E-state index in [0.29, 0.717) is 0 Å². The Labute approximate surface area is 135 Å². The molecule has 0 saturated carbocycles. The molecule has 4 rings (SSSR count). The number of hydrogen-bond donors (Lipinski definition) is 1. The van der Waals surface area contributed by atoms with Gasteiger partial charge >= 0.3 is 0 Å². The van der Waals surface area contributed by atoms with Crippen molar-refractivity contribution in [3.8, 4) is 17.0 Å². The van der Waals surface area contributed by atoms with Gasteiger partial charge in [-0.1, -0.05) is 36.4 Å². The van der Waals surface area contributed by atoms with E-state index >= 15 is 0 Å². The minimum Gasteiger partial charge on any atom is -0.497 e. The van der Waals surface area contributed by atoms with Crippen LogP contribution in [0.2, 0.25) is 0 Å². The average Bonchev–Trinajstić information content (AvgIpc) is 3.15. The maximum absolute atomic E-state index is 5.31. The molecule has 3 heteroatoms. The Morgan fingerprint density at radius 3 is 2.57 bits per heavy atom. The normalized spacial score (nSPS) is 13.3. The maximum atomic E-state index is 5.31. The van der Waals surface area contributed by atoms with Crippen LogP contribution in [0.25, 0.3) is 22.9 Å². The maximum Gasteiger partial charge on any atom is 0.119 e. The molecule has 0 spiro atoms. The van der Waals surface area contributed by atoms with Crippen molar-refractivity contribution < 1.29 is 4.74 Å². The van der Waals surface area contributed by atoms with Gasteiger partial charge in [0.25, 0.3) is 0 Å². The Kier molecular flexibility index (Phi) is 3.46. The summed E-state index contributed by atoms with van der Waals surface area (Å²) in [6, 6.07) is 15.0. The topological polar surface area (TPSA) is 37.9 Å². The highest BCUT2D eigenvalue weighted by Crippen LogP contribution is 2.32. The number of benzene rings is 2. The third-order valence-electron chi connectivity index (χ3n) is 4.41. The molecule has 114 valence electrons. The molecule has 0 fully saturated rings. The molecule has 1 aliphatic carbocycles. The van der Waals surface area contributed by atoms with Crippen LogP contribution in [0.4, 0.5) is 0 Å². The van der Waals surface area contributed by atoms with Gasteiger partial charge in [-0.2, -0.15) is 0 Å². The number of rotatable bonds is 3. The van der Waals surface area contributed by atoms with E-state index in [1.165, 1.54) is 22.3 Å². The fourth-order valence-electron chi connectivity index (χ4n) is 3.10. The number of allylic oxidation sites excluding steroid dienone is 1. The van der Waals surface area contributed by atoms with E-state index in [0.717, 1.165) is 29.8 Å². The van der Waals surface area contributed by atoms with Crippen molar-refractivity contribution in [3.63, 3.8) is 0 Å². The zero-order chi connectivity index (χ0) is 15.6. The zero-order valence-corrected chi connectivity index (χ0v) is 13.0. The molecule has 0 saturated heterocycles. The number of ether oxygens (including phenoxy) is 1. The molecule has 0 radical (unpaired) electrons. The lowest BCUT2D eigenvalue weighted by Gasteiger charge is -2.18. The quantitative estimate of drug-likeness (QED) is 0.769. The number of hydrogen-bond acceptors (Lipinski definition) is 2. The minimum absolute atomic E-state index is 0.935. The van der Waals surface area contributed by atoms with Gasteiger partial charge in [0.1, 0.15) is 5.75 Å². The first-order chi connectivity index (χ1) is 11.3.